The second kappa shape index (κ2) is 6.49. The van der Waals surface area contributed by atoms with Gasteiger partial charge < -0.3 is 10.1 Å². The number of methoxy groups -OCH3 is 1. The minimum atomic E-state index is 0.708. The molecule has 2 rings (SSSR count). The van der Waals surface area contributed by atoms with Crippen LogP contribution in [0.4, 0.5) is 0 Å². The second-order valence-electron chi connectivity index (χ2n) is 4.59. The number of rotatable bonds is 7. The molecule has 2 aromatic heterocycles. The van der Waals surface area contributed by atoms with Crippen LogP contribution in [0.15, 0.2) is 18.5 Å². The fourth-order valence-electron chi connectivity index (χ4n) is 1.92. The third kappa shape index (κ3) is 3.90. The smallest absolute Gasteiger partial charge is 0.0850 e. The third-order valence-electron chi connectivity index (χ3n) is 2.94. The van der Waals surface area contributed by atoms with Gasteiger partial charge in [-0.3, -0.25) is 9.36 Å². The predicted octanol–water partition coefficient (Wildman–Crippen LogP) is 0.709. The summed E-state index contributed by atoms with van der Waals surface area (Å²) in [4.78, 5) is 0. The van der Waals surface area contributed by atoms with Gasteiger partial charge in [-0.15, -0.1) is 0 Å². The lowest BCUT2D eigenvalue weighted by Gasteiger charge is -2.02. The maximum atomic E-state index is 5.00. The Morgan fingerprint density at radius 3 is 2.89 bits per heavy atom. The van der Waals surface area contributed by atoms with E-state index in [1.165, 1.54) is 5.56 Å². The highest BCUT2D eigenvalue weighted by Gasteiger charge is 2.06. The summed E-state index contributed by atoms with van der Waals surface area (Å²) in [6.07, 6.45) is 4.02. The molecule has 6 heteroatoms. The summed E-state index contributed by atoms with van der Waals surface area (Å²) in [5.41, 5.74) is 3.29. The predicted molar refractivity (Wildman–Crippen MR) is 72.9 cm³/mol. The van der Waals surface area contributed by atoms with Gasteiger partial charge in [-0.25, -0.2) is 0 Å². The molecule has 0 aliphatic carbocycles. The summed E-state index contributed by atoms with van der Waals surface area (Å²) in [7, 11) is 3.63. The van der Waals surface area contributed by atoms with Crippen LogP contribution in [-0.4, -0.2) is 39.8 Å². The van der Waals surface area contributed by atoms with Crippen LogP contribution in [-0.2, 0) is 24.9 Å². The zero-order valence-electron chi connectivity index (χ0n) is 11.8. The number of hydrogen-bond acceptors (Lipinski definition) is 4. The van der Waals surface area contributed by atoms with Crippen molar-refractivity contribution in [2.24, 2.45) is 7.05 Å². The van der Waals surface area contributed by atoms with Crippen molar-refractivity contribution >= 4 is 0 Å². The summed E-state index contributed by atoms with van der Waals surface area (Å²) >= 11 is 0. The molecule has 0 amide bonds. The first-order valence-corrected chi connectivity index (χ1v) is 6.40. The molecule has 0 saturated heterocycles. The van der Waals surface area contributed by atoms with Crippen molar-refractivity contribution in [1.82, 2.24) is 24.9 Å². The van der Waals surface area contributed by atoms with E-state index in [1.807, 2.05) is 30.9 Å². The minimum Gasteiger partial charge on any atom is -0.383 e. The highest BCUT2D eigenvalue weighted by molar-refractivity contribution is 5.16. The Balaban J connectivity index is 1.92. The van der Waals surface area contributed by atoms with E-state index in [4.69, 9.17) is 4.74 Å². The van der Waals surface area contributed by atoms with E-state index in [-0.39, 0.29) is 0 Å². The van der Waals surface area contributed by atoms with Crippen molar-refractivity contribution in [2.75, 3.05) is 20.3 Å². The van der Waals surface area contributed by atoms with Crippen molar-refractivity contribution in [3.8, 4) is 0 Å². The van der Waals surface area contributed by atoms with E-state index < -0.39 is 0 Å². The molecule has 0 atom stereocenters. The van der Waals surface area contributed by atoms with Gasteiger partial charge in [-0.2, -0.15) is 10.2 Å². The normalized spacial score (nSPS) is 11.1. The van der Waals surface area contributed by atoms with Gasteiger partial charge in [0.25, 0.3) is 0 Å². The highest BCUT2D eigenvalue weighted by Crippen LogP contribution is 2.07. The van der Waals surface area contributed by atoms with Gasteiger partial charge in [0.2, 0.25) is 0 Å². The minimum absolute atomic E-state index is 0.708. The fourth-order valence-corrected chi connectivity index (χ4v) is 1.92. The monoisotopic (exact) mass is 263 g/mol. The molecule has 0 unspecified atom stereocenters. The lowest BCUT2D eigenvalue weighted by atomic mass is 10.2. The first kappa shape index (κ1) is 13.8. The largest absolute Gasteiger partial charge is 0.383 e. The second-order valence-corrected chi connectivity index (χ2v) is 4.59. The number of nitrogens with one attached hydrogen (secondary N) is 1. The molecule has 0 saturated carbocycles. The number of aryl methyl sites for hydroxylation is 2. The fraction of sp³-hybridized carbons (Fsp3) is 0.538. The molecule has 0 radical (unpaired) electrons. The van der Waals surface area contributed by atoms with Gasteiger partial charge in [0.1, 0.15) is 0 Å². The van der Waals surface area contributed by atoms with E-state index >= 15 is 0 Å². The zero-order chi connectivity index (χ0) is 13.7. The number of ether oxygens (including phenoxy) is 1. The van der Waals surface area contributed by atoms with Crippen molar-refractivity contribution in [3.63, 3.8) is 0 Å². The van der Waals surface area contributed by atoms with Crippen LogP contribution in [0.25, 0.3) is 0 Å². The molecule has 19 heavy (non-hydrogen) atoms. The average Bonchev–Trinajstić information content (AvgIpc) is 2.92. The maximum Gasteiger partial charge on any atom is 0.0850 e. The van der Waals surface area contributed by atoms with Gasteiger partial charge in [0, 0.05) is 45.2 Å². The molecule has 0 fully saturated rings. The third-order valence-corrected chi connectivity index (χ3v) is 2.94. The standard InChI is InChI=1S/C13H21N5O/c1-11-12(8-14-5-7-19-3)9-18(15-11)10-13-4-6-17(2)16-13/h4,6,9,14H,5,7-8,10H2,1-3H3. The van der Waals surface area contributed by atoms with Crippen LogP contribution in [0.3, 0.4) is 0 Å². The Morgan fingerprint density at radius 2 is 2.21 bits per heavy atom. The van der Waals surface area contributed by atoms with E-state index in [0.717, 1.165) is 31.1 Å². The van der Waals surface area contributed by atoms with Crippen molar-refractivity contribution in [3.05, 3.63) is 35.4 Å². The summed E-state index contributed by atoms with van der Waals surface area (Å²) < 4.78 is 8.74. The topological polar surface area (TPSA) is 56.9 Å². The quantitative estimate of drug-likeness (QED) is 0.748. The molecule has 0 spiro atoms. The van der Waals surface area contributed by atoms with Crippen molar-refractivity contribution in [2.45, 2.75) is 20.0 Å². The first-order valence-electron chi connectivity index (χ1n) is 6.40. The van der Waals surface area contributed by atoms with Crippen LogP contribution in [0.5, 0.6) is 0 Å². The molecular formula is C13H21N5O. The summed E-state index contributed by atoms with van der Waals surface area (Å²) in [6, 6.07) is 2.01. The molecule has 0 aliphatic heterocycles. The molecule has 2 aromatic rings. The SMILES string of the molecule is COCCNCc1cn(Cc2ccn(C)n2)nc1C. The van der Waals surface area contributed by atoms with Gasteiger partial charge in [0.05, 0.1) is 24.5 Å². The Labute approximate surface area is 113 Å². The highest BCUT2D eigenvalue weighted by atomic mass is 16.5. The molecule has 104 valence electrons. The van der Waals surface area contributed by atoms with Crippen LogP contribution >= 0.6 is 0 Å². The van der Waals surface area contributed by atoms with E-state index in [1.54, 1.807) is 11.8 Å². The van der Waals surface area contributed by atoms with Crippen LogP contribution in [0.1, 0.15) is 17.0 Å². The molecule has 6 nitrogen and oxygen atoms in total. The molecule has 1 N–H and O–H groups in total. The van der Waals surface area contributed by atoms with Crippen LogP contribution < -0.4 is 5.32 Å². The van der Waals surface area contributed by atoms with Gasteiger partial charge >= 0.3 is 0 Å². The molecule has 0 aliphatic rings. The summed E-state index contributed by atoms with van der Waals surface area (Å²) in [5, 5.41) is 12.2. The van der Waals surface area contributed by atoms with E-state index in [2.05, 4.69) is 21.7 Å². The van der Waals surface area contributed by atoms with Crippen LogP contribution in [0.2, 0.25) is 0 Å². The number of nitrogens with zero attached hydrogens (tertiary/aromatic N) is 4. The molecule has 0 aromatic carbocycles. The molecule has 0 bridgehead atoms. The first-order chi connectivity index (χ1) is 9.19. The Morgan fingerprint density at radius 1 is 1.37 bits per heavy atom. The Kier molecular flexibility index (Phi) is 4.70. The molecular weight excluding hydrogens is 242 g/mol. The van der Waals surface area contributed by atoms with Gasteiger partial charge in [0.15, 0.2) is 0 Å². The van der Waals surface area contributed by atoms with Gasteiger partial charge in [-0.1, -0.05) is 0 Å². The Hall–Kier alpha value is -1.66. The maximum absolute atomic E-state index is 5.00. The Bertz CT molecular complexity index is 517. The number of aromatic nitrogens is 4. The van der Waals surface area contributed by atoms with E-state index in [0.29, 0.717) is 6.54 Å². The van der Waals surface area contributed by atoms with Gasteiger partial charge in [-0.05, 0) is 13.0 Å². The van der Waals surface area contributed by atoms with E-state index in [9.17, 15) is 0 Å². The van der Waals surface area contributed by atoms with Crippen molar-refractivity contribution in [1.29, 1.82) is 0 Å². The summed E-state index contributed by atoms with van der Waals surface area (Å²) in [5.74, 6) is 0. The number of hydrogen-bond donors (Lipinski definition) is 1. The molecule has 2 heterocycles. The summed E-state index contributed by atoms with van der Waals surface area (Å²) in [6.45, 7) is 5.13. The van der Waals surface area contributed by atoms with Crippen LogP contribution in [0, 0.1) is 6.92 Å². The average molecular weight is 263 g/mol. The lowest BCUT2D eigenvalue weighted by molar-refractivity contribution is 0.199. The lowest BCUT2D eigenvalue weighted by Crippen LogP contribution is -2.18. The zero-order valence-corrected chi connectivity index (χ0v) is 11.8. The van der Waals surface area contributed by atoms with Crippen molar-refractivity contribution < 1.29 is 4.74 Å².